The number of hydrogen-bond donors (Lipinski definition) is 3. The maximum Gasteiger partial charge on any atom is 0.321 e. The third kappa shape index (κ3) is 5.53. The molecule has 1 aromatic heterocycles. The van der Waals surface area contributed by atoms with Crippen LogP contribution in [-0.4, -0.2) is 23.5 Å². The molecule has 0 radical (unpaired) electrons. The summed E-state index contributed by atoms with van der Waals surface area (Å²) in [6, 6.07) is 5.66. The molecule has 1 aromatic carbocycles. The van der Waals surface area contributed by atoms with Crippen LogP contribution in [0.3, 0.4) is 0 Å². The molecule has 0 atom stereocenters. The van der Waals surface area contributed by atoms with Crippen molar-refractivity contribution in [3.05, 3.63) is 46.7 Å². The van der Waals surface area contributed by atoms with Crippen LogP contribution >= 0.6 is 11.3 Å². The fourth-order valence-electron chi connectivity index (χ4n) is 2.25. The molecule has 0 saturated heterocycles. The highest BCUT2D eigenvalue weighted by atomic mass is 32.1. The number of amides is 3. The summed E-state index contributed by atoms with van der Waals surface area (Å²) in [7, 11) is 0. The van der Waals surface area contributed by atoms with Crippen molar-refractivity contribution in [2.75, 3.05) is 11.9 Å². The zero-order valence-corrected chi connectivity index (χ0v) is 14.4. The predicted octanol–water partition coefficient (Wildman–Crippen LogP) is 2.67. The van der Waals surface area contributed by atoms with E-state index < -0.39 is 6.03 Å². The minimum Gasteiger partial charge on any atom is -0.355 e. The summed E-state index contributed by atoms with van der Waals surface area (Å²) in [4.78, 5) is 27.7. The van der Waals surface area contributed by atoms with Gasteiger partial charge < -0.3 is 10.6 Å². The lowest BCUT2D eigenvalue weighted by atomic mass is 10.2. The Bertz CT molecular complexity index is 761. The molecule has 3 rings (SSSR count). The topological polar surface area (TPSA) is 83.1 Å². The van der Waals surface area contributed by atoms with Crippen molar-refractivity contribution in [2.45, 2.75) is 25.8 Å². The van der Waals surface area contributed by atoms with Gasteiger partial charge in [-0.15, -0.1) is 11.3 Å². The highest BCUT2D eigenvalue weighted by molar-refractivity contribution is 7.13. The Morgan fingerprint density at radius 3 is 2.88 bits per heavy atom. The highest BCUT2D eigenvalue weighted by Gasteiger charge is 2.29. The average molecular weight is 362 g/mol. The van der Waals surface area contributed by atoms with Gasteiger partial charge in [0.05, 0.1) is 5.69 Å². The number of nitrogens with one attached hydrogen (secondary N) is 3. The van der Waals surface area contributed by atoms with Crippen molar-refractivity contribution in [2.24, 2.45) is 5.92 Å². The smallest absolute Gasteiger partial charge is 0.321 e. The van der Waals surface area contributed by atoms with Gasteiger partial charge in [0.15, 0.2) is 5.13 Å². The van der Waals surface area contributed by atoms with Gasteiger partial charge in [0.1, 0.15) is 5.82 Å². The monoisotopic (exact) mass is 362 g/mol. The molecule has 3 N–H and O–H groups in total. The molecule has 1 heterocycles. The minimum atomic E-state index is -0.396. The fraction of sp³-hybridized carbons (Fsp3) is 0.353. The van der Waals surface area contributed by atoms with Gasteiger partial charge >= 0.3 is 6.03 Å². The van der Waals surface area contributed by atoms with Gasteiger partial charge in [0.2, 0.25) is 5.91 Å². The highest BCUT2D eigenvalue weighted by Crippen LogP contribution is 2.28. The molecule has 1 aliphatic rings. The second-order valence-electron chi connectivity index (χ2n) is 5.90. The van der Waals surface area contributed by atoms with Crippen LogP contribution in [0.2, 0.25) is 0 Å². The van der Waals surface area contributed by atoms with Crippen LogP contribution in [0.1, 0.15) is 24.1 Å². The Morgan fingerprint density at radius 1 is 1.28 bits per heavy atom. The zero-order chi connectivity index (χ0) is 17.6. The number of hydrogen-bond acceptors (Lipinski definition) is 4. The van der Waals surface area contributed by atoms with E-state index >= 15 is 0 Å². The lowest BCUT2D eigenvalue weighted by Gasteiger charge is -2.05. The van der Waals surface area contributed by atoms with Crippen molar-refractivity contribution in [3.63, 3.8) is 0 Å². The second kappa shape index (κ2) is 8.06. The number of urea groups is 1. The summed E-state index contributed by atoms with van der Waals surface area (Å²) in [5.74, 6) is -0.0159. The number of carbonyl (C=O) groups excluding carboxylic acids is 2. The molecule has 25 heavy (non-hydrogen) atoms. The van der Waals surface area contributed by atoms with E-state index in [4.69, 9.17) is 0 Å². The number of carbonyl (C=O) groups is 2. The van der Waals surface area contributed by atoms with Gasteiger partial charge in [-0.3, -0.25) is 10.1 Å². The molecule has 1 fully saturated rings. The predicted molar refractivity (Wildman–Crippen MR) is 93.8 cm³/mol. The Labute approximate surface area is 148 Å². The Hall–Kier alpha value is -2.48. The molecule has 8 heteroatoms. The summed E-state index contributed by atoms with van der Waals surface area (Å²) in [5.41, 5.74) is 1.50. The first-order chi connectivity index (χ1) is 12.1. The molecule has 132 valence electrons. The minimum absolute atomic E-state index is 0.116. The van der Waals surface area contributed by atoms with E-state index in [-0.39, 0.29) is 24.2 Å². The third-order valence-corrected chi connectivity index (χ3v) is 4.55. The first-order valence-corrected chi connectivity index (χ1v) is 8.99. The first kappa shape index (κ1) is 17.3. The molecular formula is C17H19FN4O2S. The van der Waals surface area contributed by atoms with Gasteiger partial charge in [-0.2, -0.15) is 0 Å². The molecule has 0 aliphatic heterocycles. The van der Waals surface area contributed by atoms with Crippen molar-refractivity contribution in [1.82, 2.24) is 15.6 Å². The maximum atomic E-state index is 13.1. The van der Waals surface area contributed by atoms with Gasteiger partial charge in [-0.1, -0.05) is 12.1 Å². The molecule has 1 saturated carbocycles. The van der Waals surface area contributed by atoms with Crippen molar-refractivity contribution < 1.29 is 14.0 Å². The Morgan fingerprint density at radius 2 is 2.12 bits per heavy atom. The Kier molecular flexibility index (Phi) is 5.60. The van der Waals surface area contributed by atoms with Crippen LogP contribution in [0.5, 0.6) is 0 Å². The van der Waals surface area contributed by atoms with E-state index in [1.54, 1.807) is 12.1 Å². The average Bonchev–Trinajstić information content (AvgIpc) is 3.35. The molecule has 2 aromatic rings. The standard InChI is InChI=1S/C17H19FN4O2S/c18-13-3-1-2-11(8-13)9-20-16(24)22-17-21-14(10-25-17)6-7-19-15(23)12-4-5-12/h1-3,8,10,12H,4-7,9H2,(H,19,23)(H2,20,21,22,24). The summed E-state index contributed by atoms with van der Waals surface area (Å²) in [6.45, 7) is 0.777. The van der Waals surface area contributed by atoms with E-state index in [2.05, 4.69) is 20.9 Å². The van der Waals surface area contributed by atoms with E-state index in [1.807, 2.05) is 5.38 Å². The number of thiazole rings is 1. The normalized spacial score (nSPS) is 13.3. The van der Waals surface area contributed by atoms with E-state index in [1.165, 1.54) is 23.5 Å². The van der Waals surface area contributed by atoms with Gasteiger partial charge in [0, 0.05) is 30.8 Å². The second-order valence-corrected chi connectivity index (χ2v) is 6.75. The Balaban J connectivity index is 1.39. The number of nitrogens with zero attached hydrogens (tertiary/aromatic N) is 1. The molecule has 0 bridgehead atoms. The lowest BCUT2D eigenvalue weighted by Crippen LogP contribution is -2.28. The quantitative estimate of drug-likeness (QED) is 0.708. The van der Waals surface area contributed by atoms with Crippen LogP contribution in [-0.2, 0) is 17.8 Å². The van der Waals surface area contributed by atoms with Crippen LogP contribution in [0, 0.1) is 11.7 Å². The molecule has 3 amide bonds. The van der Waals surface area contributed by atoms with E-state index in [9.17, 15) is 14.0 Å². The first-order valence-electron chi connectivity index (χ1n) is 8.11. The van der Waals surface area contributed by atoms with Crippen LogP contribution in [0.15, 0.2) is 29.6 Å². The largest absolute Gasteiger partial charge is 0.355 e. The number of rotatable bonds is 7. The third-order valence-electron chi connectivity index (χ3n) is 3.74. The SMILES string of the molecule is O=C(NCc1cccc(F)c1)Nc1nc(CCNC(=O)C2CC2)cs1. The molecule has 0 unspecified atom stereocenters. The van der Waals surface area contributed by atoms with E-state index in [0.717, 1.165) is 18.5 Å². The molecule has 0 spiro atoms. The fourth-order valence-corrected chi connectivity index (χ4v) is 2.99. The maximum absolute atomic E-state index is 13.1. The van der Waals surface area contributed by atoms with Gasteiger partial charge in [-0.05, 0) is 30.5 Å². The number of anilines is 1. The number of halogens is 1. The van der Waals surface area contributed by atoms with Crippen molar-refractivity contribution in [3.8, 4) is 0 Å². The molecule has 1 aliphatic carbocycles. The number of benzene rings is 1. The summed E-state index contributed by atoms with van der Waals surface area (Å²) < 4.78 is 13.1. The van der Waals surface area contributed by atoms with Gasteiger partial charge in [0.25, 0.3) is 0 Å². The molecular weight excluding hydrogens is 343 g/mol. The van der Waals surface area contributed by atoms with Crippen molar-refractivity contribution in [1.29, 1.82) is 0 Å². The lowest BCUT2D eigenvalue weighted by molar-refractivity contribution is -0.122. The molecule has 6 nitrogen and oxygen atoms in total. The van der Waals surface area contributed by atoms with E-state index in [0.29, 0.717) is 23.7 Å². The summed E-state index contributed by atoms with van der Waals surface area (Å²) >= 11 is 1.32. The van der Waals surface area contributed by atoms with Crippen LogP contribution < -0.4 is 16.0 Å². The summed E-state index contributed by atoms with van der Waals surface area (Å²) in [5, 5.41) is 10.5. The van der Waals surface area contributed by atoms with Crippen LogP contribution in [0.25, 0.3) is 0 Å². The van der Waals surface area contributed by atoms with Gasteiger partial charge in [-0.25, -0.2) is 14.2 Å². The number of aromatic nitrogens is 1. The van der Waals surface area contributed by atoms with Crippen LogP contribution in [0.4, 0.5) is 14.3 Å². The zero-order valence-electron chi connectivity index (χ0n) is 13.5. The van der Waals surface area contributed by atoms with Crippen molar-refractivity contribution >= 4 is 28.4 Å². The summed E-state index contributed by atoms with van der Waals surface area (Å²) in [6.07, 6.45) is 2.60.